The first-order chi connectivity index (χ1) is 14.5. The molecule has 1 saturated carbocycles. The number of pyridine rings is 1. The molecule has 156 valence electrons. The lowest BCUT2D eigenvalue weighted by Crippen LogP contribution is -2.25. The van der Waals surface area contributed by atoms with Crippen LogP contribution in [-0.4, -0.2) is 28.6 Å². The largest absolute Gasteiger partial charge is 0.340 e. The van der Waals surface area contributed by atoms with Crippen molar-refractivity contribution in [3.05, 3.63) is 66.1 Å². The summed E-state index contributed by atoms with van der Waals surface area (Å²) in [7, 11) is -3.14. The highest BCUT2D eigenvalue weighted by Gasteiger charge is 2.27. The second-order valence-electron chi connectivity index (χ2n) is 7.85. The number of rotatable bonds is 6. The van der Waals surface area contributed by atoms with E-state index < -0.39 is 9.84 Å². The summed E-state index contributed by atoms with van der Waals surface area (Å²) in [5.41, 5.74) is 3.28. The van der Waals surface area contributed by atoms with Gasteiger partial charge in [-0.2, -0.15) is 0 Å². The van der Waals surface area contributed by atoms with Crippen molar-refractivity contribution in [2.45, 2.75) is 50.0 Å². The van der Waals surface area contributed by atoms with Crippen LogP contribution in [-0.2, 0) is 15.6 Å². The van der Waals surface area contributed by atoms with E-state index in [1.165, 1.54) is 0 Å². The fourth-order valence-corrected chi connectivity index (χ4v) is 5.85. The monoisotopic (exact) mass is 422 g/mol. The molecule has 1 fully saturated rings. The van der Waals surface area contributed by atoms with Gasteiger partial charge in [0, 0.05) is 35.4 Å². The van der Waals surface area contributed by atoms with Crippen LogP contribution in [0.2, 0.25) is 0 Å². The van der Waals surface area contributed by atoms with Crippen molar-refractivity contribution in [3.63, 3.8) is 0 Å². The molecule has 2 heterocycles. The maximum absolute atomic E-state index is 12.8. The molecule has 4 rings (SSSR count). The second-order valence-corrected chi connectivity index (χ2v) is 10.1. The molecule has 0 radical (unpaired) electrons. The van der Waals surface area contributed by atoms with Crippen LogP contribution in [0, 0.1) is 6.92 Å². The van der Waals surface area contributed by atoms with Gasteiger partial charge in [0.05, 0.1) is 11.0 Å². The standard InChI is InChI=1S/C23H26N4O2S/c1-17-13-22(27-23(25-17)19-8-6-12-24-15-19)26-20-9-5-7-18(14-20)16-30(28,29)21-10-3-2-4-11-21/h5-9,12-15,21H,2-4,10-11,16H2,1H3,(H,25,26,27). The highest BCUT2D eigenvalue weighted by Crippen LogP contribution is 2.27. The molecular formula is C23H26N4O2S. The number of anilines is 2. The van der Waals surface area contributed by atoms with Crippen LogP contribution < -0.4 is 5.32 Å². The van der Waals surface area contributed by atoms with Gasteiger partial charge < -0.3 is 5.32 Å². The van der Waals surface area contributed by atoms with Gasteiger partial charge >= 0.3 is 0 Å². The van der Waals surface area contributed by atoms with E-state index in [-0.39, 0.29) is 11.0 Å². The van der Waals surface area contributed by atoms with Crippen molar-refractivity contribution in [1.82, 2.24) is 15.0 Å². The van der Waals surface area contributed by atoms with Gasteiger partial charge in [-0.05, 0) is 49.6 Å². The zero-order valence-corrected chi connectivity index (χ0v) is 17.9. The van der Waals surface area contributed by atoms with Crippen molar-refractivity contribution in [2.24, 2.45) is 0 Å². The molecule has 1 aliphatic carbocycles. The predicted molar refractivity (Wildman–Crippen MR) is 119 cm³/mol. The summed E-state index contributed by atoms with van der Waals surface area (Å²) in [5.74, 6) is 1.34. The lowest BCUT2D eigenvalue weighted by molar-refractivity contribution is 0.483. The maximum atomic E-state index is 12.8. The maximum Gasteiger partial charge on any atom is 0.163 e. The summed E-state index contributed by atoms with van der Waals surface area (Å²) >= 11 is 0. The minimum atomic E-state index is -3.14. The predicted octanol–water partition coefficient (Wildman–Crippen LogP) is 4.84. The van der Waals surface area contributed by atoms with E-state index in [1.54, 1.807) is 12.4 Å². The first-order valence-corrected chi connectivity index (χ1v) is 12.0. The molecule has 0 spiro atoms. The Hall–Kier alpha value is -2.80. The van der Waals surface area contributed by atoms with Crippen molar-refractivity contribution in [2.75, 3.05) is 5.32 Å². The summed E-state index contributed by atoms with van der Waals surface area (Å²) in [6, 6.07) is 13.2. The molecule has 0 saturated heterocycles. The molecule has 0 bridgehead atoms. The topological polar surface area (TPSA) is 84.8 Å². The van der Waals surface area contributed by atoms with Gasteiger partial charge in [0.25, 0.3) is 0 Å². The normalized spacial score (nSPS) is 15.1. The van der Waals surface area contributed by atoms with Crippen molar-refractivity contribution < 1.29 is 8.42 Å². The number of hydrogen-bond acceptors (Lipinski definition) is 6. The van der Waals surface area contributed by atoms with Gasteiger partial charge in [0.15, 0.2) is 15.7 Å². The molecule has 30 heavy (non-hydrogen) atoms. The summed E-state index contributed by atoms with van der Waals surface area (Å²) in [6.45, 7) is 1.92. The molecule has 7 heteroatoms. The SMILES string of the molecule is Cc1cc(Nc2cccc(CS(=O)(=O)C3CCCCC3)c2)nc(-c2cccnc2)n1. The summed E-state index contributed by atoms with van der Waals surface area (Å²) in [5, 5.41) is 3.09. The zero-order chi connectivity index (χ0) is 21.0. The van der Waals surface area contributed by atoms with Crippen molar-refractivity contribution in [1.29, 1.82) is 0 Å². The van der Waals surface area contributed by atoms with Crippen LogP contribution in [0.25, 0.3) is 11.4 Å². The molecule has 0 amide bonds. The van der Waals surface area contributed by atoms with Crippen molar-refractivity contribution in [3.8, 4) is 11.4 Å². The summed E-state index contributed by atoms with van der Waals surface area (Å²) < 4.78 is 25.6. The molecule has 3 aromatic rings. The number of nitrogens with zero attached hydrogens (tertiary/aromatic N) is 3. The Morgan fingerprint density at radius 2 is 1.87 bits per heavy atom. The number of aromatic nitrogens is 3. The lowest BCUT2D eigenvalue weighted by Gasteiger charge is -2.21. The van der Waals surface area contributed by atoms with Gasteiger partial charge in [0.2, 0.25) is 0 Å². The van der Waals surface area contributed by atoms with Crippen LogP contribution in [0.15, 0.2) is 54.9 Å². The minimum Gasteiger partial charge on any atom is -0.340 e. The molecule has 6 nitrogen and oxygen atoms in total. The fourth-order valence-electron chi connectivity index (χ4n) is 3.92. The van der Waals surface area contributed by atoms with Crippen molar-refractivity contribution >= 4 is 21.3 Å². The second kappa shape index (κ2) is 8.92. The Bertz CT molecular complexity index is 1110. The zero-order valence-electron chi connectivity index (χ0n) is 17.1. The lowest BCUT2D eigenvalue weighted by atomic mass is 10.0. The third-order valence-corrected chi connectivity index (χ3v) is 7.62. The van der Waals surface area contributed by atoms with Crippen LogP contribution in [0.4, 0.5) is 11.5 Å². The third kappa shape index (κ3) is 5.02. The number of hydrogen-bond donors (Lipinski definition) is 1. The molecule has 0 atom stereocenters. The Kier molecular flexibility index (Phi) is 6.08. The molecule has 1 aromatic carbocycles. The molecule has 1 N–H and O–H groups in total. The first-order valence-electron chi connectivity index (χ1n) is 10.3. The van der Waals surface area contributed by atoms with E-state index in [2.05, 4.69) is 20.3 Å². The number of sulfone groups is 1. The Morgan fingerprint density at radius 3 is 2.63 bits per heavy atom. The molecule has 2 aromatic heterocycles. The summed E-state index contributed by atoms with van der Waals surface area (Å²) in [6.07, 6.45) is 8.19. The van der Waals surface area contributed by atoms with Crippen LogP contribution >= 0.6 is 0 Å². The minimum absolute atomic E-state index is 0.0803. The average Bonchev–Trinajstić information content (AvgIpc) is 2.74. The third-order valence-electron chi connectivity index (χ3n) is 5.40. The number of benzene rings is 1. The van der Waals surface area contributed by atoms with Crippen LogP contribution in [0.5, 0.6) is 0 Å². The van der Waals surface area contributed by atoms with Gasteiger partial charge in [-0.25, -0.2) is 18.4 Å². The molecule has 1 aliphatic rings. The highest BCUT2D eigenvalue weighted by atomic mass is 32.2. The van der Waals surface area contributed by atoms with E-state index in [4.69, 9.17) is 0 Å². The van der Waals surface area contributed by atoms with E-state index >= 15 is 0 Å². The Morgan fingerprint density at radius 1 is 1.03 bits per heavy atom. The molecular weight excluding hydrogens is 396 g/mol. The first kappa shape index (κ1) is 20.5. The van der Waals surface area contributed by atoms with Gasteiger partial charge in [-0.1, -0.05) is 31.4 Å². The Labute approximate surface area is 177 Å². The average molecular weight is 423 g/mol. The van der Waals surface area contributed by atoms with E-state index in [1.807, 2.05) is 49.4 Å². The molecule has 0 unspecified atom stereocenters. The summed E-state index contributed by atoms with van der Waals surface area (Å²) in [4.78, 5) is 13.2. The van der Waals surface area contributed by atoms with Gasteiger partial charge in [-0.3, -0.25) is 4.98 Å². The molecule has 0 aliphatic heterocycles. The smallest absolute Gasteiger partial charge is 0.163 e. The van der Waals surface area contributed by atoms with Gasteiger partial charge in [0.1, 0.15) is 5.82 Å². The van der Waals surface area contributed by atoms with E-state index in [9.17, 15) is 8.42 Å². The number of aryl methyl sites for hydroxylation is 1. The Balaban J connectivity index is 1.53. The van der Waals surface area contributed by atoms with E-state index in [0.717, 1.165) is 54.6 Å². The number of nitrogens with one attached hydrogen (secondary N) is 1. The quantitative estimate of drug-likeness (QED) is 0.612. The van der Waals surface area contributed by atoms with Gasteiger partial charge in [-0.15, -0.1) is 0 Å². The fraction of sp³-hybridized carbons (Fsp3) is 0.348. The highest BCUT2D eigenvalue weighted by molar-refractivity contribution is 7.91. The van der Waals surface area contributed by atoms with E-state index in [0.29, 0.717) is 11.6 Å². The van der Waals surface area contributed by atoms with Crippen LogP contribution in [0.1, 0.15) is 43.4 Å². The van der Waals surface area contributed by atoms with Crippen LogP contribution in [0.3, 0.4) is 0 Å².